The predicted octanol–water partition coefficient (Wildman–Crippen LogP) is 2.63. The minimum Gasteiger partial charge on any atom is -0.497 e. The summed E-state index contributed by atoms with van der Waals surface area (Å²) in [6, 6.07) is 14.9. The van der Waals surface area contributed by atoms with Crippen molar-refractivity contribution in [1.29, 1.82) is 0 Å². The van der Waals surface area contributed by atoms with Gasteiger partial charge >= 0.3 is 0 Å². The number of Topliss-reactive ketones (excluding diaryl/α,β-unsaturated/α-hetero) is 1. The predicted molar refractivity (Wildman–Crippen MR) is 108 cm³/mol. The lowest BCUT2D eigenvalue weighted by molar-refractivity contribution is -0.149. The molecular weight excluding hydrogens is 368 g/mol. The molecule has 2 aromatic rings. The van der Waals surface area contributed by atoms with Crippen molar-refractivity contribution in [2.45, 2.75) is 25.3 Å². The van der Waals surface area contributed by atoms with E-state index in [0.29, 0.717) is 24.4 Å². The lowest BCUT2D eigenvalue weighted by Gasteiger charge is -2.44. The normalized spacial score (nSPS) is 18.1. The summed E-state index contributed by atoms with van der Waals surface area (Å²) in [6.45, 7) is 1.26. The van der Waals surface area contributed by atoms with Gasteiger partial charge in [-0.15, -0.1) is 0 Å². The van der Waals surface area contributed by atoms with Crippen LogP contribution < -0.4 is 4.74 Å². The van der Waals surface area contributed by atoms with Crippen LogP contribution in [0.2, 0.25) is 0 Å². The van der Waals surface area contributed by atoms with E-state index in [-0.39, 0.29) is 43.0 Å². The van der Waals surface area contributed by atoms with Gasteiger partial charge in [0.25, 0.3) is 0 Å². The second-order valence-corrected chi connectivity index (χ2v) is 7.48. The molecular formula is C23H24N2O4. The highest BCUT2D eigenvalue weighted by atomic mass is 16.5. The van der Waals surface area contributed by atoms with Crippen molar-refractivity contribution in [1.82, 2.24) is 9.80 Å². The van der Waals surface area contributed by atoms with Gasteiger partial charge in [-0.3, -0.25) is 14.4 Å². The third-order valence-electron chi connectivity index (χ3n) is 5.76. The number of ether oxygens (including phenoxy) is 1. The van der Waals surface area contributed by atoms with Gasteiger partial charge in [0.1, 0.15) is 5.75 Å². The van der Waals surface area contributed by atoms with E-state index in [1.807, 2.05) is 23.1 Å². The van der Waals surface area contributed by atoms with Crippen LogP contribution in [0.5, 0.6) is 5.75 Å². The first-order chi connectivity index (χ1) is 14.1. The number of piperazine rings is 1. The van der Waals surface area contributed by atoms with E-state index in [2.05, 4.69) is 6.07 Å². The second kappa shape index (κ2) is 8.07. The summed E-state index contributed by atoms with van der Waals surface area (Å²) >= 11 is 0. The van der Waals surface area contributed by atoms with Crippen molar-refractivity contribution in [3.63, 3.8) is 0 Å². The number of nitrogens with zero attached hydrogens (tertiary/aromatic N) is 2. The molecule has 4 rings (SSSR count). The maximum atomic E-state index is 12.8. The van der Waals surface area contributed by atoms with Crippen molar-refractivity contribution in [2.24, 2.45) is 0 Å². The van der Waals surface area contributed by atoms with Crippen LogP contribution in [0.4, 0.5) is 0 Å². The monoisotopic (exact) mass is 392 g/mol. The number of amides is 2. The number of hydrogen-bond acceptors (Lipinski definition) is 4. The number of carbonyl (C=O) groups excluding carboxylic acids is 3. The van der Waals surface area contributed by atoms with Crippen LogP contribution in [0, 0.1) is 0 Å². The summed E-state index contributed by atoms with van der Waals surface area (Å²) < 4.78 is 5.15. The van der Waals surface area contributed by atoms with Crippen LogP contribution >= 0.6 is 0 Å². The summed E-state index contributed by atoms with van der Waals surface area (Å²) in [5.41, 5.74) is 2.89. The third kappa shape index (κ3) is 3.88. The maximum absolute atomic E-state index is 12.8. The van der Waals surface area contributed by atoms with E-state index in [9.17, 15) is 14.4 Å². The molecule has 29 heavy (non-hydrogen) atoms. The Bertz CT molecular complexity index is 955. The minimum absolute atomic E-state index is 0.0248. The number of rotatable bonds is 5. The Kier molecular flexibility index (Phi) is 5.34. The Morgan fingerprint density at radius 3 is 2.76 bits per heavy atom. The average molecular weight is 392 g/mol. The molecule has 0 radical (unpaired) electrons. The van der Waals surface area contributed by atoms with E-state index in [1.54, 1.807) is 36.3 Å². The Labute approximate surface area is 170 Å². The number of methoxy groups -OCH3 is 1. The topological polar surface area (TPSA) is 66.9 Å². The molecule has 0 aromatic heterocycles. The Hall–Kier alpha value is -3.15. The summed E-state index contributed by atoms with van der Waals surface area (Å²) in [5, 5.41) is 0. The number of benzene rings is 2. The molecule has 0 bridgehead atoms. The van der Waals surface area contributed by atoms with Crippen molar-refractivity contribution >= 4 is 17.6 Å². The molecule has 2 amide bonds. The van der Waals surface area contributed by atoms with Crippen LogP contribution in [0.25, 0.3) is 0 Å². The van der Waals surface area contributed by atoms with Crippen LogP contribution in [-0.4, -0.2) is 54.1 Å². The van der Waals surface area contributed by atoms with Gasteiger partial charge in [0.2, 0.25) is 11.8 Å². The number of fused-ring (bicyclic) bond motifs is 3. The zero-order valence-electron chi connectivity index (χ0n) is 16.5. The highest BCUT2D eigenvalue weighted by Gasteiger charge is 2.38. The molecule has 1 unspecified atom stereocenters. The Morgan fingerprint density at radius 2 is 1.93 bits per heavy atom. The smallest absolute Gasteiger partial charge is 0.242 e. The van der Waals surface area contributed by atoms with E-state index in [1.165, 1.54) is 5.56 Å². The van der Waals surface area contributed by atoms with Crippen molar-refractivity contribution in [3.05, 3.63) is 65.2 Å². The fraction of sp³-hybridized carbons (Fsp3) is 0.348. The van der Waals surface area contributed by atoms with Crippen LogP contribution in [0.1, 0.15) is 40.4 Å². The lowest BCUT2D eigenvalue weighted by atomic mass is 9.90. The average Bonchev–Trinajstić information content (AvgIpc) is 2.77. The van der Waals surface area contributed by atoms with E-state index < -0.39 is 0 Å². The third-order valence-corrected chi connectivity index (χ3v) is 5.76. The molecule has 6 nitrogen and oxygen atoms in total. The largest absolute Gasteiger partial charge is 0.497 e. The quantitative estimate of drug-likeness (QED) is 0.734. The fourth-order valence-electron chi connectivity index (χ4n) is 4.18. The Morgan fingerprint density at radius 1 is 1.10 bits per heavy atom. The molecule has 0 saturated carbocycles. The van der Waals surface area contributed by atoms with Crippen LogP contribution in [0.15, 0.2) is 48.5 Å². The SMILES string of the molecule is COc1cccc(C(=O)CCC(=O)N2CC(=O)N3CCc4ccccc4C3C2)c1. The van der Waals surface area contributed by atoms with Gasteiger partial charge in [-0.2, -0.15) is 0 Å². The number of carbonyl (C=O) groups is 3. The highest BCUT2D eigenvalue weighted by molar-refractivity contribution is 5.98. The van der Waals surface area contributed by atoms with Crippen molar-refractivity contribution in [3.8, 4) is 5.75 Å². The molecule has 6 heteroatoms. The Balaban J connectivity index is 1.42. The van der Waals surface area contributed by atoms with Gasteiger partial charge in [-0.05, 0) is 29.7 Å². The van der Waals surface area contributed by atoms with Gasteiger partial charge in [-0.25, -0.2) is 0 Å². The molecule has 1 fully saturated rings. The first-order valence-corrected chi connectivity index (χ1v) is 9.89. The van der Waals surface area contributed by atoms with Crippen LogP contribution in [0.3, 0.4) is 0 Å². The first-order valence-electron chi connectivity index (χ1n) is 9.89. The molecule has 0 spiro atoms. The van der Waals surface area contributed by atoms with E-state index >= 15 is 0 Å². The highest BCUT2D eigenvalue weighted by Crippen LogP contribution is 2.33. The van der Waals surface area contributed by atoms with Crippen molar-refractivity contribution < 1.29 is 19.1 Å². The summed E-state index contributed by atoms with van der Waals surface area (Å²) in [5.74, 6) is 0.325. The van der Waals surface area contributed by atoms with Gasteiger partial charge in [0, 0.05) is 31.5 Å². The lowest BCUT2D eigenvalue weighted by Crippen LogP contribution is -2.55. The minimum atomic E-state index is -0.155. The van der Waals surface area contributed by atoms with Gasteiger partial charge < -0.3 is 14.5 Å². The molecule has 2 aliphatic rings. The summed E-state index contributed by atoms with van der Waals surface area (Å²) in [7, 11) is 1.55. The molecule has 150 valence electrons. The molecule has 0 N–H and O–H groups in total. The molecule has 2 aromatic carbocycles. The van der Waals surface area contributed by atoms with Gasteiger partial charge in [0.15, 0.2) is 5.78 Å². The molecule has 2 heterocycles. The van der Waals surface area contributed by atoms with Gasteiger partial charge in [-0.1, -0.05) is 36.4 Å². The molecule has 1 saturated heterocycles. The van der Waals surface area contributed by atoms with E-state index in [4.69, 9.17) is 4.74 Å². The fourth-order valence-corrected chi connectivity index (χ4v) is 4.18. The number of ketones is 1. The summed E-state index contributed by atoms with van der Waals surface area (Å²) in [6.07, 6.45) is 1.06. The standard InChI is InChI=1S/C23H24N2O4/c1-29-18-7-4-6-17(13-18)21(26)9-10-22(27)24-14-20-19-8-3-2-5-16(19)11-12-25(20)23(28)15-24/h2-8,13,20H,9-12,14-15H2,1H3. The zero-order valence-corrected chi connectivity index (χ0v) is 16.5. The summed E-state index contributed by atoms with van der Waals surface area (Å²) in [4.78, 5) is 41.3. The first kappa shape index (κ1) is 19.2. The maximum Gasteiger partial charge on any atom is 0.242 e. The van der Waals surface area contributed by atoms with Gasteiger partial charge in [0.05, 0.1) is 19.7 Å². The zero-order chi connectivity index (χ0) is 20.4. The van der Waals surface area contributed by atoms with Crippen LogP contribution in [-0.2, 0) is 16.0 Å². The van der Waals surface area contributed by atoms with E-state index in [0.717, 1.165) is 12.0 Å². The number of hydrogen-bond donors (Lipinski definition) is 0. The second-order valence-electron chi connectivity index (χ2n) is 7.48. The molecule has 1 atom stereocenters. The molecule has 0 aliphatic carbocycles. The molecule has 2 aliphatic heterocycles. The van der Waals surface area contributed by atoms with Crippen molar-refractivity contribution in [2.75, 3.05) is 26.7 Å².